The van der Waals surface area contributed by atoms with Crippen LogP contribution >= 0.6 is 0 Å². The van der Waals surface area contributed by atoms with Crippen LogP contribution in [0.15, 0.2) is 0 Å². The van der Waals surface area contributed by atoms with Crippen LogP contribution in [0.5, 0.6) is 0 Å². The summed E-state index contributed by atoms with van der Waals surface area (Å²) in [5, 5.41) is 3.55. The van der Waals surface area contributed by atoms with E-state index in [4.69, 9.17) is 4.74 Å². The SMILES string of the molecule is COC(C)(C)CC(C)N(CC1CCCNC1)C1CC1. The highest BCUT2D eigenvalue weighted by molar-refractivity contribution is 4.91. The molecule has 3 heteroatoms. The molecule has 112 valence electrons. The van der Waals surface area contributed by atoms with Crippen molar-refractivity contribution in [3.05, 3.63) is 0 Å². The highest BCUT2D eigenvalue weighted by atomic mass is 16.5. The molecule has 0 spiro atoms. The fourth-order valence-corrected chi connectivity index (χ4v) is 3.39. The molecule has 1 aliphatic heterocycles. The monoisotopic (exact) mass is 268 g/mol. The normalized spacial score (nSPS) is 26.7. The topological polar surface area (TPSA) is 24.5 Å². The lowest BCUT2D eigenvalue weighted by Crippen LogP contribution is -2.45. The van der Waals surface area contributed by atoms with Gasteiger partial charge in [0.15, 0.2) is 0 Å². The van der Waals surface area contributed by atoms with Crippen LogP contribution in [-0.2, 0) is 4.74 Å². The van der Waals surface area contributed by atoms with Crippen LogP contribution in [0, 0.1) is 5.92 Å². The van der Waals surface area contributed by atoms with Gasteiger partial charge in [0.2, 0.25) is 0 Å². The second-order valence-electron chi connectivity index (χ2n) is 7.16. The molecule has 0 bridgehead atoms. The van der Waals surface area contributed by atoms with Crippen molar-refractivity contribution in [3.8, 4) is 0 Å². The summed E-state index contributed by atoms with van der Waals surface area (Å²) in [6, 6.07) is 1.48. The number of nitrogens with zero attached hydrogens (tertiary/aromatic N) is 1. The first-order valence-electron chi connectivity index (χ1n) is 8.03. The molecular weight excluding hydrogens is 236 g/mol. The van der Waals surface area contributed by atoms with Gasteiger partial charge in [-0.3, -0.25) is 4.90 Å². The summed E-state index contributed by atoms with van der Waals surface area (Å²) in [6.45, 7) is 10.5. The average molecular weight is 268 g/mol. The smallest absolute Gasteiger partial charge is 0.0637 e. The van der Waals surface area contributed by atoms with E-state index in [0.717, 1.165) is 18.4 Å². The second kappa shape index (κ2) is 6.55. The van der Waals surface area contributed by atoms with Crippen molar-refractivity contribution < 1.29 is 4.74 Å². The number of nitrogens with one attached hydrogen (secondary N) is 1. The van der Waals surface area contributed by atoms with Crippen molar-refractivity contribution in [1.82, 2.24) is 10.2 Å². The van der Waals surface area contributed by atoms with Crippen molar-refractivity contribution >= 4 is 0 Å². The van der Waals surface area contributed by atoms with E-state index in [1.165, 1.54) is 45.3 Å². The lowest BCUT2D eigenvalue weighted by atomic mass is 9.95. The van der Waals surface area contributed by atoms with Crippen LogP contribution in [0.25, 0.3) is 0 Å². The number of ether oxygens (including phenoxy) is 1. The van der Waals surface area contributed by atoms with Gasteiger partial charge in [0.25, 0.3) is 0 Å². The maximum absolute atomic E-state index is 5.61. The van der Waals surface area contributed by atoms with E-state index >= 15 is 0 Å². The Balaban J connectivity index is 1.87. The summed E-state index contributed by atoms with van der Waals surface area (Å²) in [4.78, 5) is 2.76. The fraction of sp³-hybridized carbons (Fsp3) is 1.00. The summed E-state index contributed by atoms with van der Waals surface area (Å²) in [5.41, 5.74) is -0.00261. The number of piperidine rings is 1. The van der Waals surface area contributed by atoms with E-state index in [9.17, 15) is 0 Å². The van der Waals surface area contributed by atoms with Crippen LogP contribution in [-0.4, -0.2) is 49.3 Å². The van der Waals surface area contributed by atoms with E-state index in [0.29, 0.717) is 6.04 Å². The summed E-state index contributed by atoms with van der Waals surface area (Å²) < 4.78 is 5.61. The number of hydrogen-bond donors (Lipinski definition) is 1. The Labute approximate surface area is 119 Å². The van der Waals surface area contributed by atoms with Gasteiger partial charge >= 0.3 is 0 Å². The Bertz CT molecular complexity index is 270. The third-order valence-electron chi connectivity index (χ3n) is 4.79. The van der Waals surface area contributed by atoms with Gasteiger partial charge in [-0.15, -0.1) is 0 Å². The largest absolute Gasteiger partial charge is 0.379 e. The molecule has 2 fully saturated rings. The molecule has 1 heterocycles. The quantitative estimate of drug-likeness (QED) is 0.768. The highest BCUT2D eigenvalue weighted by Crippen LogP contribution is 2.32. The average Bonchev–Trinajstić information content (AvgIpc) is 3.21. The zero-order chi connectivity index (χ0) is 13.9. The third kappa shape index (κ3) is 4.73. The second-order valence-corrected chi connectivity index (χ2v) is 7.16. The van der Waals surface area contributed by atoms with E-state index in [2.05, 4.69) is 31.0 Å². The molecule has 0 amide bonds. The first-order chi connectivity index (χ1) is 9.02. The fourth-order valence-electron chi connectivity index (χ4n) is 3.39. The molecule has 1 saturated carbocycles. The molecule has 1 N–H and O–H groups in total. The predicted molar refractivity (Wildman–Crippen MR) is 80.5 cm³/mol. The molecule has 0 aromatic heterocycles. The van der Waals surface area contributed by atoms with Gasteiger partial charge in [0, 0.05) is 25.7 Å². The maximum atomic E-state index is 5.61. The molecule has 2 rings (SSSR count). The molecule has 2 atom stereocenters. The Morgan fingerprint density at radius 2 is 2.05 bits per heavy atom. The van der Waals surface area contributed by atoms with Gasteiger partial charge in [-0.1, -0.05) is 0 Å². The van der Waals surface area contributed by atoms with Gasteiger partial charge in [-0.2, -0.15) is 0 Å². The molecule has 0 aromatic rings. The third-order valence-corrected chi connectivity index (χ3v) is 4.79. The van der Waals surface area contributed by atoms with E-state index in [1.807, 2.05) is 7.11 Å². The Morgan fingerprint density at radius 3 is 2.58 bits per heavy atom. The maximum Gasteiger partial charge on any atom is 0.0637 e. The molecule has 0 radical (unpaired) electrons. The lowest BCUT2D eigenvalue weighted by molar-refractivity contribution is -0.00984. The molecule has 1 saturated heterocycles. The molecular formula is C16H32N2O. The van der Waals surface area contributed by atoms with Crippen LogP contribution in [0.4, 0.5) is 0 Å². The molecule has 0 aromatic carbocycles. The van der Waals surface area contributed by atoms with Gasteiger partial charge in [-0.05, 0) is 71.9 Å². The van der Waals surface area contributed by atoms with Crippen LogP contribution in [0.3, 0.4) is 0 Å². The van der Waals surface area contributed by atoms with Gasteiger partial charge < -0.3 is 10.1 Å². The Morgan fingerprint density at radius 1 is 1.32 bits per heavy atom. The molecule has 3 nitrogen and oxygen atoms in total. The van der Waals surface area contributed by atoms with E-state index < -0.39 is 0 Å². The van der Waals surface area contributed by atoms with Crippen molar-refractivity contribution in [2.24, 2.45) is 5.92 Å². The zero-order valence-corrected chi connectivity index (χ0v) is 13.2. The Kier molecular flexibility index (Phi) is 5.27. The first kappa shape index (κ1) is 15.3. The summed E-state index contributed by atoms with van der Waals surface area (Å²) in [5.74, 6) is 0.849. The minimum atomic E-state index is -0.00261. The number of rotatable bonds is 7. The lowest BCUT2D eigenvalue weighted by Gasteiger charge is -2.37. The standard InChI is InChI=1S/C16H32N2O/c1-13(10-16(2,3)19-4)18(15-7-8-15)12-14-6-5-9-17-11-14/h13-15,17H,5-12H2,1-4H3. The summed E-state index contributed by atoms with van der Waals surface area (Å²) >= 11 is 0. The highest BCUT2D eigenvalue weighted by Gasteiger charge is 2.35. The summed E-state index contributed by atoms with van der Waals surface area (Å²) in [7, 11) is 1.83. The zero-order valence-electron chi connectivity index (χ0n) is 13.2. The molecule has 2 unspecified atom stereocenters. The van der Waals surface area contributed by atoms with Crippen molar-refractivity contribution in [1.29, 1.82) is 0 Å². The number of methoxy groups -OCH3 is 1. The van der Waals surface area contributed by atoms with Crippen molar-refractivity contribution in [2.45, 2.75) is 70.6 Å². The minimum Gasteiger partial charge on any atom is -0.379 e. The van der Waals surface area contributed by atoms with E-state index in [-0.39, 0.29) is 5.60 Å². The molecule has 2 aliphatic rings. The number of hydrogen-bond acceptors (Lipinski definition) is 3. The molecule has 1 aliphatic carbocycles. The van der Waals surface area contributed by atoms with E-state index in [1.54, 1.807) is 0 Å². The first-order valence-corrected chi connectivity index (χ1v) is 8.03. The van der Waals surface area contributed by atoms with Crippen molar-refractivity contribution in [3.63, 3.8) is 0 Å². The van der Waals surface area contributed by atoms with Crippen LogP contribution in [0.1, 0.15) is 52.9 Å². The Hall–Kier alpha value is -0.120. The van der Waals surface area contributed by atoms with Gasteiger partial charge in [0.1, 0.15) is 0 Å². The molecule has 19 heavy (non-hydrogen) atoms. The minimum absolute atomic E-state index is 0.00261. The van der Waals surface area contributed by atoms with Crippen LogP contribution in [0.2, 0.25) is 0 Å². The van der Waals surface area contributed by atoms with Gasteiger partial charge in [-0.25, -0.2) is 0 Å². The van der Waals surface area contributed by atoms with Crippen molar-refractivity contribution in [2.75, 3.05) is 26.7 Å². The predicted octanol–water partition coefficient (Wildman–Crippen LogP) is 2.65. The van der Waals surface area contributed by atoms with Gasteiger partial charge in [0.05, 0.1) is 5.60 Å². The van der Waals surface area contributed by atoms with Crippen LogP contribution < -0.4 is 5.32 Å². The summed E-state index contributed by atoms with van der Waals surface area (Å²) in [6.07, 6.45) is 6.67.